The van der Waals surface area contributed by atoms with Crippen molar-refractivity contribution < 1.29 is 29.0 Å². The van der Waals surface area contributed by atoms with E-state index in [4.69, 9.17) is 5.11 Å². The van der Waals surface area contributed by atoms with Crippen LogP contribution in [0.3, 0.4) is 0 Å². The van der Waals surface area contributed by atoms with Crippen molar-refractivity contribution in [1.29, 1.82) is 0 Å². The largest absolute Gasteiger partial charge is 0.481 e. The van der Waals surface area contributed by atoms with Crippen molar-refractivity contribution in [3.05, 3.63) is 18.1 Å². The highest BCUT2D eigenvalue weighted by Gasteiger charge is 2.35. The molecule has 0 aliphatic carbocycles. The first-order valence-electron chi connectivity index (χ1n) is 8.71. The number of aliphatic hydroxyl groups is 1. The molecule has 0 spiro atoms. The topological polar surface area (TPSA) is 132 Å². The van der Waals surface area contributed by atoms with Gasteiger partial charge in [-0.3, -0.25) is 19.7 Å². The zero-order chi connectivity index (χ0) is 19.6. The fourth-order valence-electron chi connectivity index (χ4n) is 3.37. The van der Waals surface area contributed by atoms with Crippen LogP contribution in [-0.4, -0.2) is 57.7 Å². The van der Waals surface area contributed by atoms with Gasteiger partial charge in [-0.05, 0) is 19.3 Å². The van der Waals surface area contributed by atoms with E-state index >= 15 is 0 Å². The van der Waals surface area contributed by atoms with Crippen LogP contribution in [0.1, 0.15) is 32.1 Å². The lowest BCUT2D eigenvalue weighted by molar-refractivity contribution is -0.143. The molecule has 2 fully saturated rings. The highest BCUT2D eigenvalue weighted by atomic mass is 19.1. The number of rotatable bonds is 5. The number of hydrogen-bond donors (Lipinski definition) is 4. The smallest absolute Gasteiger partial charge is 0.306 e. The summed E-state index contributed by atoms with van der Waals surface area (Å²) in [5, 5.41) is 24.2. The minimum Gasteiger partial charge on any atom is -0.481 e. The van der Waals surface area contributed by atoms with Crippen molar-refractivity contribution in [1.82, 2.24) is 10.3 Å². The van der Waals surface area contributed by atoms with Gasteiger partial charge in [0.25, 0.3) is 0 Å². The van der Waals surface area contributed by atoms with Crippen LogP contribution >= 0.6 is 0 Å². The lowest BCUT2D eigenvalue weighted by atomic mass is 9.88. The number of piperidine rings is 2. The molecule has 0 bridgehead atoms. The van der Waals surface area contributed by atoms with E-state index in [0.29, 0.717) is 12.1 Å². The first kappa shape index (κ1) is 19.0. The second kappa shape index (κ2) is 7.47. The monoisotopic (exact) mass is 380 g/mol. The maximum Gasteiger partial charge on any atom is 0.306 e. The summed E-state index contributed by atoms with van der Waals surface area (Å²) in [6.45, 7) is 0.571. The van der Waals surface area contributed by atoms with Gasteiger partial charge in [0.05, 0.1) is 23.9 Å². The Morgan fingerprint density at radius 3 is 2.70 bits per heavy atom. The van der Waals surface area contributed by atoms with Crippen molar-refractivity contribution in [3.8, 4) is 0 Å². The molecule has 27 heavy (non-hydrogen) atoms. The Kier molecular flexibility index (Phi) is 5.26. The van der Waals surface area contributed by atoms with Crippen LogP contribution in [-0.2, 0) is 14.4 Å². The van der Waals surface area contributed by atoms with Gasteiger partial charge in [-0.1, -0.05) is 0 Å². The zero-order valence-electron chi connectivity index (χ0n) is 14.6. The summed E-state index contributed by atoms with van der Waals surface area (Å²) in [6, 6.07) is 0.597. The molecule has 146 valence electrons. The van der Waals surface area contributed by atoms with Gasteiger partial charge in [-0.15, -0.1) is 0 Å². The molecule has 3 heterocycles. The number of carbonyl (C=O) groups is 3. The third kappa shape index (κ3) is 4.51. The number of aromatic nitrogens is 1. The lowest BCUT2D eigenvalue weighted by Crippen LogP contribution is -2.47. The van der Waals surface area contributed by atoms with Gasteiger partial charge < -0.3 is 20.4 Å². The van der Waals surface area contributed by atoms with Crippen molar-refractivity contribution in [2.24, 2.45) is 0 Å². The van der Waals surface area contributed by atoms with Gasteiger partial charge in [0.1, 0.15) is 6.04 Å². The van der Waals surface area contributed by atoms with Crippen LogP contribution in [0.25, 0.3) is 0 Å². The third-order valence-electron chi connectivity index (χ3n) is 4.88. The van der Waals surface area contributed by atoms with E-state index in [1.165, 1.54) is 12.3 Å². The highest BCUT2D eigenvalue weighted by Crippen LogP contribution is 2.30. The Balaban J connectivity index is 1.63. The molecule has 9 nitrogen and oxygen atoms in total. The molecule has 2 aliphatic rings. The maximum atomic E-state index is 14.5. The quantitative estimate of drug-likeness (QED) is 0.534. The standard InChI is InChI=1S/C17H21FN4O5/c18-11-7-10(20-12-1-2-13(23)21-16(12)26)9-19-15(11)22-5-3-17(27,4-6-22)8-14(24)25/h7,9,12,20,27H,1-6,8H2,(H,24,25)(H,21,23,26)/t12-/m0/s1. The number of hydrogen-bond acceptors (Lipinski definition) is 7. The number of aliphatic carboxylic acids is 1. The molecule has 2 saturated heterocycles. The van der Waals surface area contributed by atoms with E-state index in [0.717, 1.165) is 0 Å². The predicted octanol–water partition coefficient (Wildman–Crippen LogP) is 0.244. The van der Waals surface area contributed by atoms with Gasteiger partial charge >= 0.3 is 5.97 Å². The Labute approximate surface area is 154 Å². The van der Waals surface area contributed by atoms with Gasteiger partial charge in [0.2, 0.25) is 11.8 Å². The Morgan fingerprint density at radius 2 is 2.11 bits per heavy atom. The van der Waals surface area contributed by atoms with Crippen molar-refractivity contribution in [2.75, 3.05) is 23.3 Å². The summed E-state index contributed by atoms with van der Waals surface area (Å²) in [5.74, 6) is -2.33. The minimum atomic E-state index is -1.29. The number of carbonyl (C=O) groups excluding carboxylic acids is 2. The number of carboxylic acids is 1. The number of nitrogens with one attached hydrogen (secondary N) is 2. The fraction of sp³-hybridized carbons (Fsp3) is 0.529. The molecule has 1 aromatic rings. The molecule has 0 saturated carbocycles. The Bertz CT molecular complexity index is 764. The van der Waals surface area contributed by atoms with E-state index in [-0.39, 0.29) is 50.5 Å². The van der Waals surface area contributed by atoms with Gasteiger partial charge in [-0.25, -0.2) is 9.37 Å². The molecule has 2 amide bonds. The molecule has 10 heteroatoms. The number of anilines is 2. The van der Waals surface area contributed by atoms with E-state index in [1.807, 2.05) is 0 Å². The normalized spacial score (nSPS) is 22.3. The van der Waals surface area contributed by atoms with E-state index in [1.54, 1.807) is 4.90 Å². The molecular weight excluding hydrogens is 359 g/mol. The van der Waals surface area contributed by atoms with Crippen LogP contribution in [0.4, 0.5) is 15.9 Å². The number of amides is 2. The molecule has 1 aromatic heterocycles. The number of halogens is 1. The number of pyridine rings is 1. The summed E-state index contributed by atoms with van der Waals surface area (Å²) in [4.78, 5) is 39.5. The predicted molar refractivity (Wildman–Crippen MR) is 92.6 cm³/mol. The second-order valence-electron chi connectivity index (χ2n) is 6.96. The molecule has 3 rings (SSSR count). The number of imide groups is 1. The SMILES string of the molecule is O=C(O)CC1(O)CCN(c2ncc(N[C@H]3CCC(=O)NC3=O)cc2F)CC1. The van der Waals surface area contributed by atoms with Gasteiger partial charge in [-0.2, -0.15) is 0 Å². The van der Waals surface area contributed by atoms with E-state index < -0.39 is 29.3 Å². The first-order valence-corrected chi connectivity index (χ1v) is 8.71. The summed E-state index contributed by atoms with van der Waals surface area (Å²) in [5.41, 5.74) is -0.961. The second-order valence-corrected chi connectivity index (χ2v) is 6.96. The van der Waals surface area contributed by atoms with Crippen LogP contribution in [0.15, 0.2) is 12.3 Å². The summed E-state index contributed by atoms with van der Waals surface area (Å²) >= 11 is 0. The molecule has 1 atom stereocenters. The zero-order valence-corrected chi connectivity index (χ0v) is 14.6. The minimum absolute atomic E-state index is 0.112. The lowest BCUT2D eigenvalue weighted by Gasteiger charge is -2.38. The van der Waals surface area contributed by atoms with Crippen molar-refractivity contribution in [3.63, 3.8) is 0 Å². The Morgan fingerprint density at radius 1 is 1.41 bits per heavy atom. The van der Waals surface area contributed by atoms with Crippen LogP contribution < -0.4 is 15.5 Å². The first-order chi connectivity index (χ1) is 12.8. The summed E-state index contributed by atoms with van der Waals surface area (Å²) in [7, 11) is 0. The average molecular weight is 380 g/mol. The van der Waals surface area contributed by atoms with Crippen LogP contribution in [0.2, 0.25) is 0 Å². The van der Waals surface area contributed by atoms with Crippen LogP contribution in [0, 0.1) is 5.82 Å². The molecule has 0 aromatic carbocycles. The van der Waals surface area contributed by atoms with Crippen molar-refractivity contribution >= 4 is 29.3 Å². The van der Waals surface area contributed by atoms with E-state index in [9.17, 15) is 23.9 Å². The number of carboxylic acid groups (broad SMARTS) is 1. The summed E-state index contributed by atoms with van der Waals surface area (Å²) in [6.07, 6.45) is 2.01. The molecular formula is C17H21FN4O5. The molecule has 0 unspecified atom stereocenters. The third-order valence-corrected chi connectivity index (χ3v) is 4.88. The number of nitrogens with zero attached hydrogens (tertiary/aromatic N) is 2. The highest BCUT2D eigenvalue weighted by molar-refractivity contribution is 6.01. The van der Waals surface area contributed by atoms with Gasteiger partial charge in [0, 0.05) is 25.6 Å². The molecule has 4 N–H and O–H groups in total. The maximum absolute atomic E-state index is 14.5. The Hall–Kier alpha value is -2.75. The van der Waals surface area contributed by atoms with Crippen molar-refractivity contribution in [2.45, 2.75) is 43.7 Å². The summed E-state index contributed by atoms with van der Waals surface area (Å²) < 4.78 is 14.5. The molecule has 0 radical (unpaired) electrons. The fourth-order valence-corrected chi connectivity index (χ4v) is 3.37. The van der Waals surface area contributed by atoms with E-state index in [2.05, 4.69) is 15.6 Å². The van der Waals surface area contributed by atoms with Gasteiger partial charge in [0.15, 0.2) is 11.6 Å². The molecule has 2 aliphatic heterocycles. The average Bonchev–Trinajstić information content (AvgIpc) is 2.58. The van der Waals surface area contributed by atoms with Crippen LogP contribution in [0.5, 0.6) is 0 Å².